The molecular weight excluding hydrogens is 108 g/mol. The van der Waals surface area contributed by atoms with Gasteiger partial charge in [-0.3, -0.25) is 0 Å². The second-order valence-electron chi connectivity index (χ2n) is 1.31. The van der Waals surface area contributed by atoms with Crippen LogP contribution in [0.1, 0.15) is 6.42 Å². The molecule has 0 aromatic rings. The van der Waals surface area contributed by atoms with Crippen LogP contribution in [0.15, 0.2) is 0 Å². The lowest BCUT2D eigenvalue weighted by atomic mass is 10.4. The molecule has 0 aromatic carbocycles. The first-order valence-electron chi connectivity index (χ1n) is 2.16. The summed E-state index contributed by atoms with van der Waals surface area (Å²) >= 11 is 0. The molecule has 0 spiro atoms. The molecule has 2 radical (unpaired) electrons. The van der Waals surface area contributed by atoms with Crippen LogP contribution in [0.25, 0.3) is 0 Å². The van der Waals surface area contributed by atoms with Crippen molar-refractivity contribution >= 4 is 9.76 Å². The van der Waals surface area contributed by atoms with Crippen molar-refractivity contribution in [3.05, 3.63) is 0 Å². The Morgan fingerprint density at radius 2 is 2.29 bits per heavy atom. The predicted molar refractivity (Wildman–Crippen MR) is 29.6 cm³/mol. The second-order valence-corrected chi connectivity index (χ2v) is 2.31. The van der Waals surface area contributed by atoms with E-state index in [1.807, 2.05) is 0 Å². The molecule has 0 aliphatic carbocycles. The number of hydrogen-bond donors (Lipinski definition) is 3. The van der Waals surface area contributed by atoms with Crippen LogP contribution in [0.3, 0.4) is 0 Å². The van der Waals surface area contributed by atoms with Gasteiger partial charge in [0.05, 0.1) is 0 Å². The van der Waals surface area contributed by atoms with E-state index in [4.69, 9.17) is 16.3 Å². The Balaban J connectivity index is 2.83. The fraction of sp³-hybridized carbons (Fsp3) is 1.00. The van der Waals surface area contributed by atoms with Gasteiger partial charge in [-0.25, -0.2) is 0 Å². The zero-order valence-electron chi connectivity index (χ0n) is 4.09. The van der Waals surface area contributed by atoms with Crippen LogP contribution in [0, 0.1) is 0 Å². The molecule has 0 amide bonds. The molecule has 0 saturated carbocycles. The van der Waals surface area contributed by atoms with Crippen molar-refractivity contribution in [2.45, 2.75) is 12.1 Å². The fourth-order valence-corrected chi connectivity index (χ4v) is 0.540. The molecule has 1 unspecified atom stereocenters. The predicted octanol–water partition coefficient (Wildman–Crippen LogP) is -1.77. The first-order valence-corrected chi connectivity index (χ1v) is 3.19. The minimum absolute atomic E-state index is 0.0926. The second kappa shape index (κ2) is 4.26. The Bertz CT molecular complexity index is 43.9. The standard InChI is InChI=1S/C3H10N2OSi/c4-2-1-3(5)7-6/h3,6H,1-2,4-5H2. The van der Waals surface area contributed by atoms with Gasteiger partial charge >= 0.3 is 0 Å². The maximum absolute atomic E-state index is 8.31. The molecule has 0 heterocycles. The largest absolute Gasteiger partial charge is 0.430 e. The molecule has 0 fully saturated rings. The summed E-state index contributed by atoms with van der Waals surface area (Å²) in [6.45, 7) is 0.564. The van der Waals surface area contributed by atoms with Gasteiger partial charge in [-0.05, 0) is 13.0 Å². The van der Waals surface area contributed by atoms with Crippen molar-refractivity contribution < 1.29 is 4.80 Å². The number of nitrogens with two attached hydrogens (primary N) is 2. The summed E-state index contributed by atoms with van der Waals surface area (Å²) in [7, 11) is -0.164. The van der Waals surface area contributed by atoms with Crippen LogP contribution in [0.2, 0.25) is 0 Å². The third-order valence-electron chi connectivity index (χ3n) is 0.643. The van der Waals surface area contributed by atoms with Crippen molar-refractivity contribution in [3.8, 4) is 0 Å². The molecule has 1 atom stereocenters. The van der Waals surface area contributed by atoms with Crippen LogP contribution >= 0.6 is 0 Å². The monoisotopic (exact) mass is 118 g/mol. The lowest BCUT2D eigenvalue weighted by molar-refractivity contribution is 0.570. The zero-order valence-corrected chi connectivity index (χ0v) is 5.09. The Kier molecular flexibility index (Phi) is 4.32. The van der Waals surface area contributed by atoms with E-state index in [2.05, 4.69) is 0 Å². The Morgan fingerprint density at radius 1 is 1.71 bits per heavy atom. The van der Waals surface area contributed by atoms with Crippen molar-refractivity contribution in [1.29, 1.82) is 0 Å². The zero-order chi connectivity index (χ0) is 5.70. The van der Waals surface area contributed by atoms with E-state index in [-0.39, 0.29) is 15.4 Å². The number of rotatable bonds is 3. The Morgan fingerprint density at radius 3 is 2.43 bits per heavy atom. The van der Waals surface area contributed by atoms with Crippen LogP contribution < -0.4 is 11.5 Å². The highest BCUT2D eigenvalue weighted by molar-refractivity contribution is 6.27. The average molecular weight is 118 g/mol. The lowest BCUT2D eigenvalue weighted by Gasteiger charge is -2.00. The molecule has 0 aromatic heterocycles. The summed E-state index contributed by atoms with van der Waals surface area (Å²) in [5, 5.41) is 0. The molecule has 0 rings (SSSR count). The first-order chi connectivity index (χ1) is 3.31. The van der Waals surface area contributed by atoms with Gasteiger partial charge in [0.2, 0.25) is 9.76 Å². The average Bonchev–Trinajstić information content (AvgIpc) is 1.68. The van der Waals surface area contributed by atoms with Gasteiger partial charge in [0.25, 0.3) is 0 Å². The van der Waals surface area contributed by atoms with Gasteiger partial charge in [0.1, 0.15) is 0 Å². The molecule has 7 heavy (non-hydrogen) atoms. The maximum Gasteiger partial charge on any atom is 0.243 e. The summed E-state index contributed by atoms with van der Waals surface area (Å²) in [5.74, 6) is 0. The minimum Gasteiger partial charge on any atom is -0.430 e. The smallest absolute Gasteiger partial charge is 0.243 e. The molecule has 0 aliphatic heterocycles. The molecule has 0 aliphatic rings. The van der Waals surface area contributed by atoms with Crippen molar-refractivity contribution in [2.24, 2.45) is 11.5 Å². The molecular formula is C3H10N2OSi. The maximum atomic E-state index is 8.31. The van der Waals surface area contributed by atoms with Crippen LogP contribution in [0.5, 0.6) is 0 Å². The molecule has 42 valence electrons. The van der Waals surface area contributed by atoms with E-state index in [1.165, 1.54) is 0 Å². The highest BCUT2D eigenvalue weighted by Gasteiger charge is 1.97. The lowest BCUT2D eigenvalue weighted by Crippen LogP contribution is -2.29. The van der Waals surface area contributed by atoms with Gasteiger partial charge in [0, 0.05) is 5.67 Å². The van der Waals surface area contributed by atoms with E-state index < -0.39 is 0 Å². The quantitative estimate of drug-likeness (QED) is 0.384. The van der Waals surface area contributed by atoms with E-state index in [1.54, 1.807) is 0 Å². The minimum atomic E-state index is -0.164. The Hall–Kier alpha value is 0.0969. The van der Waals surface area contributed by atoms with E-state index in [9.17, 15) is 0 Å². The topological polar surface area (TPSA) is 72.3 Å². The molecule has 4 heteroatoms. The number of hydrogen-bond acceptors (Lipinski definition) is 3. The van der Waals surface area contributed by atoms with Crippen LogP contribution in [0.4, 0.5) is 0 Å². The Labute approximate surface area is 45.6 Å². The summed E-state index contributed by atoms with van der Waals surface area (Å²) in [5.41, 5.74) is 10.3. The summed E-state index contributed by atoms with van der Waals surface area (Å²) in [4.78, 5) is 8.31. The molecule has 0 saturated heterocycles. The van der Waals surface area contributed by atoms with Gasteiger partial charge in [-0.1, -0.05) is 0 Å². The van der Waals surface area contributed by atoms with E-state index in [0.29, 0.717) is 6.54 Å². The van der Waals surface area contributed by atoms with Gasteiger partial charge in [-0.15, -0.1) is 0 Å². The summed E-state index contributed by atoms with van der Waals surface area (Å²) in [6, 6.07) is 0. The summed E-state index contributed by atoms with van der Waals surface area (Å²) in [6.07, 6.45) is 0.717. The SMILES string of the molecule is NCCC(N)[Si]O. The van der Waals surface area contributed by atoms with E-state index >= 15 is 0 Å². The highest BCUT2D eigenvalue weighted by atomic mass is 28.2. The summed E-state index contributed by atoms with van der Waals surface area (Å²) < 4.78 is 0. The van der Waals surface area contributed by atoms with Crippen molar-refractivity contribution in [3.63, 3.8) is 0 Å². The van der Waals surface area contributed by atoms with E-state index in [0.717, 1.165) is 6.42 Å². The normalized spacial score (nSPS) is 14.1. The fourth-order valence-electron chi connectivity index (χ4n) is 0.244. The van der Waals surface area contributed by atoms with Gasteiger partial charge in [-0.2, -0.15) is 0 Å². The highest BCUT2D eigenvalue weighted by Crippen LogP contribution is 1.77. The molecule has 0 bridgehead atoms. The van der Waals surface area contributed by atoms with Crippen molar-refractivity contribution in [1.82, 2.24) is 0 Å². The van der Waals surface area contributed by atoms with Crippen LogP contribution in [-0.4, -0.2) is 26.8 Å². The van der Waals surface area contributed by atoms with Gasteiger partial charge < -0.3 is 16.3 Å². The molecule has 3 nitrogen and oxygen atoms in total. The van der Waals surface area contributed by atoms with Crippen molar-refractivity contribution in [2.75, 3.05) is 6.54 Å². The third kappa shape index (κ3) is 3.94. The third-order valence-corrected chi connectivity index (χ3v) is 1.26. The first kappa shape index (κ1) is 7.10. The van der Waals surface area contributed by atoms with Crippen LogP contribution in [-0.2, 0) is 0 Å². The molecule has 5 N–H and O–H groups in total. The van der Waals surface area contributed by atoms with Gasteiger partial charge in [0.15, 0.2) is 0 Å².